The zero-order chi connectivity index (χ0) is 21.3. The fraction of sp³-hybridized carbons (Fsp3) is 0.308. The van der Waals surface area contributed by atoms with Crippen LogP contribution in [0.25, 0.3) is 11.0 Å². The molecular weight excluding hydrogens is 402 g/mol. The van der Waals surface area contributed by atoms with Crippen molar-refractivity contribution in [3.8, 4) is 0 Å². The Kier molecular flexibility index (Phi) is 7.51. The van der Waals surface area contributed by atoms with Gasteiger partial charge < -0.3 is 9.88 Å². The van der Waals surface area contributed by atoms with Crippen LogP contribution in [0.1, 0.15) is 46.7 Å². The van der Waals surface area contributed by atoms with Crippen molar-refractivity contribution in [1.29, 1.82) is 0 Å². The Morgan fingerprint density at radius 2 is 1.71 bits per heavy atom. The van der Waals surface area contributed by atoms with Crippen LogP contribution in [0.5, 0.6) is 0 Å². The second-order valence-corrected chi connectivity index (χ2v) is 8.75. The lowest BCUT2D eigenvalue weighted by atomic mass is 10.1. The van der Waals surface area contributed by atoms with E-state index in [4.69, 9.17) is 4.98 Å². The van der Waals surface area contributed by atoms with E-state index < -0.39 is 0 Å². The molecule has 1 N–H and O–H groups in total. The van der Waals surface area contributed by atoms with Crippen LogP contribution in [0.4, 0.5) is 0 Å². The van der Waals surface area contributed by atoms with E-state index >= 15 is 0 Å². The number of aryl methyl sites for hydroxylation is 3. The number of thiophene rings is 1. The number of rotatable bonds is 11. The lowest BCUT2D eigenvalue weighted by molar-refractivity contribution is 0.0957. The van der Waals surface area contributed by atoms with Gasteiger partial charge in [-0.15, -0.1) is 11.3 Å². The Morgan fingerprint density at radius 1 is 0.871 bits per heavy atom. The highest BCUT2D eigenvalue weighted by Gasteiger charge is 2.10. The lowest BCUT2D eigenvalue weighted by Crippen LogP contribution is -2.23. The van der Waals surface area contributed by atoms with Crippen molar-refractivity contribution in [3.05, 3.63) is 88.4 Å². The standard InChI is InChI=1S/C26H29N3OS/c30-26(24-16-10-20-31-24)27-18-8-2-5-17-25-28-22-14-6-7-15-23(22)29(25)19-9-13-21-11-3-1-4-12-21/h1,3-4,6-7,10-12,14-16,20H,2,5,8-9,13,17-19H2,(H,27,30). The van der Waals surface area contributed by atoms with Crippen molar-refractivity contribution in [2.45, 2.75) is 45.1 Å². The Hall–Kier alpha value is -2.92. The average molecular weight is 432 g/mol. The quantitative estimate of drug-likeness (QED) is 0.302. The summed E-state index contributed by atoms with van der Waals surface area (Å²) in [5.41, 5.74) is 3.70. The van der Waals surface area contributed by atoms with Crippen LogP contribution in [0.2, 0.25) is 0 Å². The largest absolute Gasteiger partial charge is 0.351 e. The molecular formula is C26H29N3OS. The number of para-hydroxylation sites is 2. The number of nitrogens with zero attached hydrogens (tertiary/aromatic N) is 2. The van der Waals surface area contributed by atoms with Gasteiger partial charge in [0, 0.05) is 19.5 Å². The molecule has 2 heterocycles. The summed E-state index contributed by atoms with van der Waals surface area (Å²) in [5, 5.41) is 4.94. The van der Waals surface area contributed by atoms with Gasteiger partial charge in [0.2, 0.25) is 0 Å². The number of carbonyl (C=O) groups is 1. The summed E-state index contributed by atoms with van der Waals surface area (Å²) in [6, 6.07) is 22.9. The monoisotopic (exact) mass is 431 g/mol. The summed E-state index contributed by atoms with van der Waals surface area (Å²) in [6.07, 6.45) is 6.31. The highest BCUT2D eigenvalue weighted by Crippen LogP contribution is 2.19. The van der Waals surface area contributed by atoms with E-state index in [1.807, 2.05) is 17.5 Å². The first-order valence-electron chi connectivity index (χ1n) is 11.1. The smallest absolute Gasteiger partial charge is 0.261 e. The molecule has 2 aromatic carbocycles. The van der Waals surface area contributed by atoms with Crippen molar-refractivity contribution in [2.75, 3.05) is 6.54 Å². The number of imidazole rings is 1. The molecule has 0 unspecified atom stereocenters. The lowest BCUT2D eigenvalue weighted by Gasteiger charge is -2.10. The third-order valence-corrected chi connectivity index (χ3v) is 6.40. The number of unbranched alkanes of at least 4 members (excludes halogenated alkanes) is 2. The molecule has 0 aliphatic carbocycles. The average Bonchev–Trinajstić information content (AvgIpc) is 3.45. The van der Waals surface area contributed by atoms with Crippen molar-refractivity contribution < 1.29 is 4.79 Å². The summed E-state index contributed by atoms with van der Waals surface area (Å²) >= 11 is 1.48. The highest BCUT2D eigenvalue weighted by molar-refractivity contribution is 7.12. The van der Waals surface area contributed by atoms with Gasteiger partial charge in [-0.25, -0.2) is 4.98 Å². The maximum Gasteiger partial charge on any atom is 0.261 e. The summed E-state index contributed by atoms with van der Waals surface area (Å²) in [4.78, 5) is 17.7. The summed E-state index contributed by atoms with van der Waals surface area (Å²) in [7, 11) is 0. The molecule has 0 fully saturated rings. The molecule has 0 atom stereocenters. The molecule has 1 amide bonds. The minimum atomic E-state index is 0.0372. The molecule has 0 saturated heterocycles. The van der Waals surface area contributed by atoms with Crippen LogP contribution in [0.3, 0.4) is 0 Å². The van der Waals surface area contributed by atoms with Gasteiger partial charge in [0.25, 0.3) is 5.91 Å². The fourth-order valence-electron chi connectivity index (χ4n) is 3.93. The molecule has 5 heteroatoms. The number of hydrogen-bond acceptors (Lipinski definition) is 3. The van der Waals surface area contributed by atoms with Gasteiger partial charge in [-0.05, 0) is 54.8 Å². The Morgan fingerprint density at radius 3 is 2.55 bits per heavy atom. The Bertz CT molecular complexity index is 1090. The van der Waals surface area contributed by atoms with Gasteiger partial charge in [0.05, 0.1) is 15.9 Å². The van der Waals surface area contributed by atoms with Gasteiger partial charge in [-0.2, -0.15) is 0 Å². The molecule has 2 aromatic heterocycles. The SMILES string of the molecule is O=C(NCCCCCc1nc2ccccc2n1CCCc1ccccc1)c1cccs1. The molecule has 160 valence electrons. The third kappa shape index (κ3) is 5.82. The number of amides is 1. The highest BCUT2D eigenvalue weighted by atomic mass is 32.1. The van der Waals surface area contributed by atoms with Crippen molar-refractivity contribution in [2.24, 2.45) is 0 Å². The number of fused-ring (bicyclic) bond motifs is 1. The Labute approximate surface area is 188 Å². The molecule has 0 aliphatic heterocycles. The van der Waals surface area contributed by atoms with Crippen LogP contribution in [-0.4, -0.2) is 22.0 Å². The molecule has 0 aliphatic rings. The summed E-state index contributed by atoms with van der Waals surface area (Å²) < 4.78 is 2.40. The van der Waals surface area contributed by atoms with Crippen LogP contribution >= 0.6 is 11.3 Å². The minimum absolute atomic E-state index is 0.0372. The second-order valence-electron chi connectivity index (χ2n) is 7.80. The van der Waals surface area contributed by atoms with E-state index in [9.17, 15) is 4.79 Å². The number of carbonyl (C=O) groups excluding carboxylic acids is 1. The zero-order valence-electron chi connectivity index (χ0n) is 17.8. The molecule has 0 radical (unpaired) electrons. The molecule has 0 saturated carbocycles. The predicted molar refractivity (Wildman–Crippen MR) is 129 cm³/mol. The zero-order valence-corrected chi connectivity index (χ0v) is 18.6. The molecule has 4 nitrogen and oxygen atoms in total. The summed E-state index contributed by atoms with van der Waals surface area (Å²) in [5.74, 6) is 1.21. The van der Waals surface area contributed by atoms with E-state index in [1.54, 1.807) is 0 Å². The molecule has 0 spiro atoms. The van der Waals surface area contributed by atoms with E-state index in [2.05, 4.69) is 64.5 Å². The number of nitrogens with one attached hydrogen (secondary N) is 1. The van der Waals surface area contributed by atoms with Crippen LogP contribution in [0.15, 0.2) is 72.1 Å². The third-order valence-electron chi connectivity index (χ3n) is 5.53. The van der Waals surface area contributed by atoms with Crippen molar-refractivity contribution in [3.63, 3.8) is 0 Å². The van der Waals surface area contributed by atoms with Crippen LogP contribution < -0.4 is 5.32 Å². The molecule has 0 bridgehead atoms. The normalized spacial score (nSPS) is 11.1. The first-order valence-corrected chi connectivity index (χ1v) is 12.0. The van der Waals surface area contributed by atoms with Gasteiger partial charge in [-0.3, -0.25) is 4.79 Å². The Balaban J connectivity index is 1.27. The first-order chi connectivity index (χ1) is 15.3. The maximum atomic E-state index is 12.0. The van der Waals surface area contributed by atoms with Crippen LogP contribution in [0, 0.1) is 0 Å². The van der Waals surface area contributed by atoms with E-state index in [0.29, 0.717) is 0 Å². The van der Waals surface area contributed by atoms with Crippen LogP contribution in [-0.2, 0) is 19.4 Å². The predicted octanol–water partition coefficient (Wildman–Crippen LogP) is 5.87. The molecule has 31 heavy (non-hydrogen) atoms. The van der Waals surface area contributed by atoms with Crippen molar-refractivity contribution >= 4 is 28.3 Å². The van der Waals surface area contributed by atoms with Gasteiger partial charge >= 0.3 is 0 Å². The van der Waals surface area contributed by atoms with E-state index in [0.717, 1.165) is 62.0 Å². The molecule has 4 aromatic rings. The number of hydrogen-bond donors (Lipinski definition) is 1. The van der Waals surface area contributed by atoms with E-state index in [1.165, 1.54) is 28.2 Å². The number of benzene rings is 2. The first kappa shape index (κ1) is 21.3. The van der Waals surface area contributed by atoms with Gasteiger partial charge in [-0.1, -0.05) is 55.0 Å². The second kappa shape index (κ2) is 10.9. The van der Waals surface area contributed by atoms with Gasteiger partial charge in [0.15, 0.2) is 0 Å². The van der Waals surface area contributed by atoms with Crippen molar-refractivity contribution in [1.82, 2.24) is 14.9 Å². The minimum Gasteiger partial charge on any atom is -0.351 e. The molecule has 4 rings (SSSR count). The topological polar surface area (TPSA) is 46.9 Å². The maximum absolute atomic E-state index is 12.0. The van der Waals surface area contributed by atoms with Gasteiger partial charge in [0.1, 0.15) is 5.82 Å². The number of aromatic nitrogens is 2. The van der Waals surface area contributed by atoms with E-state index in [-0.39, 0.29) is 5.91 Å². The fourth-order valence-corrected chi connectivity index (χ4v) is 4.57. The summed E-state index contributed by atoms with van der Waals surface area (Å²) in [6.45, 7) is 1.71.